The summed E-state index contributed by atoms with van der Waals surface area (Å²) in [6.45, 7) is 9.95. The number of thioether (sulfide) groups is 1. The summed E-state index contributed by atoms with van der Waals surface area (Å²) in [5.74, 6) is 0.922. The molecule has 2 rings (SSSR count). The predicted octanol–water partition coefficient (Wildman–Crippen LogP) is 5.64. The Bertz CT molecular complexity index is 418. The third kappa shape index (κ3) is 5.67. The van der Waals surface area contributed by atoms with Crippen molar-refractivity contribution in [3.05, 3.63) is 29.8 Å². The van der Waals surface area contributed by atoms with Crippen molar-refractivity contribution in [2.75, 3.05) is 0 Å². The first-order chi connectivity index (χ1) is 9.98. The molecule has 0 spiro atoms. The van der Waals surface area contributed by atoms with Crippen LogP contribution in [0.3, 0.4) is 0 Å². The van der Waals surface area contributed by atoms with Gasteiger partial charge in [0.2, 0.25) is 0 Å². The number of benzene rings is 1. The van der Waals surface area contributed by atoms with E-state index in [0.29, 0.717) is 0 Å². The minimum Gasteiger partial charge on any atom is -0.308 e. The molecule has 0 aromatic heterocycles. The Hall–Kier alpha value is -0.470. The maximum Gasteiger partial charge on any atom is 0.0210 e. The first-order valence-corrected chi connectivity index (χ1v) is 9.36. The minimum atomic E-state index is 0.184. The third-order valence-corrected chi connectivity index (χ3v) is 5.87. The predicted molar refractivity (Wildman–Crippen MR) is 94.9 cm³/mol. The zero-order valence-electron chi connectivity index (χ0n) is 14.1. The van der Waals surface area contributed by atoms with Crippen molar-refractivity contribution in [3.63, 3.8) is 0 Å². The van der Waals surface area contributed by atoms with E-state index in [2.05, 4.69) is 69.0 Å². The summed E-state index contributed by atoms with van der Waals surface area (Å²) in [6.07, 6.45) is 7.03. The summed E-state index contributed by atoms with van der Waals surface area (Å²) in [4.78, 5) is 1.44. The van der Waals surface area contributed by atoms with E-state index in [-0.39, 0.29) is 5.54 Å². The van der Waals surface area contributed by atoms with E-state index in [4.69, 9.17) is 0 Å². The summed E-state index contributed by atoms with van der Waals surface area (Å²) in [6, 6.07) is 9.19. The van der Waals surface area contributed by atoms with E-state index < -0.39 is 0 Å². The Morgan fingerprint density at radius 3 is 2.38 bits per heavy atom. The highest BCUT2D eigenvalue weighted by molar-refractivity contribution is 8.00. The van der Waals surface area contributed by atoms with E-state index in [1.807, 2.05) is 0 Å². The summed E-state index contributed by atoms with van der Waals surface area (Å²) in [5.41, 5.74) is 1.56. The molecule has 1 nitrogen and oxygen atoms in total. The lowest BCUT2D eigenvalue weighted by molar-refractivity contribution is 0.361. The second-order valence-electron chi connectivity index (χ2n) is 7.36. The topological polar surface area (TPSA) is 12.0 Å². The van der Waals surface area contributed by atoms with Crippen LogP contribution >= 0.6 is 11.8 Å². The molecular formula is C19H31NS. The molecular weight excluding hydrogens is 274 g/mol. The van der Waals surface area contributed by atoms with Crippen LogP contribution in [0, 0.1) is 5.92 Å². The smallest absolute Gasteiger partial charge is 0.0210 e. The Morgan fingerprint density at radius 1 is 1.10 bits per heavy atom. The van der Waals surface area contributed by atoms with Crippen molar-refractivity contribution in [2.24, 2.45) is 5.92 Å². The molecule has 1 N–H and O–H groups in total. The van der Waals surface area contributed by atoms with Gasteiger partial charge in [0.1, 0.15) is 0 Å². The molecule has 1 aromatic rings. The normalized spacial score (nSPS) is 23.2. The molecule has 2 atom stereocenters. The lowest BCUT2D eigenvalue weighted by atomic mass is 9.87. The second-order valence-corrected chi connectivity index (χ2v) is 8.67. The lowest BCUT2D eigenvalue weighted by Gasteiger charge is -2.30. The van der Waals surface area contributed by atoms with Crippen molar-refractivity contribution in [1.29, 1.82) is 0 Å². The van der Waals surface area contributed by atoms with E-state index in [1.165, 1.54) is 42.6 Å². The highest BCUT2D eigenvalue weighted by Gasteiger charge is 2.24. The molecule has 2 heteroatoms. The van der Waals surface area contributed by atoms with Crippen molar-refractivity contribution >= 4 is 11.8 Å². The lowest BCUT2D eigenvalue weighted by Crippen LogP contribution is -2.35. The van der Waals surface area contributed by atoms with Crippen molar-refractivity contribution < 1.29 is 0 Å². The molecule has 0 heterocycles. The van der Waals surface area contributed by atoms with Crippen molar-refractivity contribution in [3.8, 4) is 0 Å². The molecule has 0 aliphatic heterocycles. The van der Waals surface area contributed by atoms with Gasteiger partial charge in [0, 0.05) is 22.2 Å². The van der Waals surface area contributed by atoms with Gasteiger partial charge >= 0.3 is 0 Å². The molecule has 0 amide bonds. The van der Waals surface area contributed by atoms with Gasteiger partial charge in [-0.3, -0.25) is 0 Å². The van der Waals surface area contributed by atoms with Gasteiger partial charge in [0.15, 0.2) is 0 Å². The molecule has 1 aromatic carbocycles. The molecule has 118 valence electrons. The fraction of sp³-hybridized carbons (Fsp3) is 0.684. The molecule has 0 bridgehead atoms. The number of hydrogen-bond acceptors (Lipinski definition) is 2. The number of rotatable bonds is 5. The highest BCUT2D eigenvalue weighted by Crippen LogP contribution is 2.38. The van der Waals surface area contributed by atoms with E-state index in [1.54, 1.807) is 0 Å². The standard InChI is InChI=1S/C19H31NS/c1-5-16-8-6-7-9-18(16)21-17-12-10-15(11-13-17)14-20-19(2,3)4/h10-13,16,18,20H,5-9,14H2,1-4H3. The Morgan fingerprint density at radius 2 is 1.76 bits per heavy atom. The van der Waals surface area contributed by atoms with Gasteiger partial charge in [-0.1, -0.05) is 38.3 Å². The zero-order valence-corrected chi connectivity index (χ0v) is 14.9. The van der Waals surface area contributed by atoms with Crippen LogP contribution in [-0.2, 0) is 6.54 Å². The SMILES string of the molecule is CCC1CCCCC1Sc1ccc(CNC(C)(C)C)cc1. The Balaban J connectivity index is 1.89. The van der Waals surface area contributed by atoms with Crippen LogP contribution in [0.5, 0.6) is 0 Å². The number of nitrogens with one attached hydrogen (secondary N) is 1. The van der Waals surface area contributed by atoms with E-state index in [9.17, 15) is 0 Å². The summed E-state index contributed by atoms with van der Waals surface area (Å²) in [7, 11) is 0. The monoisotopic (exact) mass is 305 g/mol. The molecule has 1 saturated carbocycles. The van der Waals surface area contributed by atoms with Crippen LogP contribution in [0.4, 0.5) is 0 Å². The van der Waals surface area contributed by atoms with Crippen molar-refractivity contribution in [2.45, 2.75) is 82.0 Å². The third-order valence-electron chi connectivity index (χ3n) is 4.40. The molecule has 1 aliphatic rings. The fourth-order valence-corrected chi connectivity index (χ4v) is 4.47. The summed E-state index contributed by atoms with van der Waals surface area (Å²) >= 11 is 2.11. The maximum absolute atomic E-state index is 3.55. The van der Waals surface area contributed by atoms with Crippen LogP contribution in [0.1, 0.15) is 65.4 Å². The van der Waals surface area contributed by atoms with E-state index in [0.717, 1.165) is 17.7 Å². The summed E-state index contributed by atoms with van der Waals surface area (Å²) in [5, 5.41) is 4.38. The van der Waals surface area contributed by atoms with Crippen LogP contribution in [0.25, 0.3) is 0 Å². The first-order valence-electron chi connectivity index (χ1n) is 8.48. The Kier molecular flexibility index (Phi) is 6.19. The van der Waals surface area contributed by atoms with Crippen molar-refractivity contribution in [1.82, 2.24) is 5.32 Å². The largest absolute Gasteiger partial charge is 0.308 e. The van der Waals surface area contributed by atoms with Crippen LogP contribution in [-0.4, -0.2) is 10.8 Å². The minimum absolute atomic E-state index is 0.184. The van der Waals surface area contributed by atoms with Gasteiger partial charge in [-0.05, 0) is 57.2 Å². The molecule has 0 radical (unpaired) electrons. The van der Waals surface area contributed by atoms with Gasteiger partial charge < -0.3 is 5.32 Å². The Labute approximate surface area is 135 Å². The quantitative estimate of drug-likeness (QED) is 0.756. The van der Waals surface area contributed by atoms with Gasteiger partial charge in [0.05, 0.1) is 0 Å². The average molecular weight is 306 g/mol. The number of hydrogen-bond donors (Lipinski definition) is 1. The first kappa shape index (κ1) is 16.9. The van der Waals surface area contributed by atoms with Gasteiger partial charge in [-0.15, -0.1) is 11.8 Å². The van der Waals surface area contributed by atoms with Gasteiger partial charge in [0.25, 0.3) is 0 Å². The van der Waals surface area contributed by atoms with Crippen LogP contribution in [0.15, 0.2) is 29.2 Å². The molecule has 21 heavy (non-hydrogen) atoms. The fourth-order valence-electron chi connectivity index (χ4n) is 3.02. The molecule has 0 saturated heterocycles. The molecule has 1 aliphatic carbocycles. The molecule has 1 fully saturated rings. The molecule has 2 unspecified atom stereocenters. The van der Waals surface area contributed by atoms with Crippen LogP contribution < -0.4 is 5.32 Å². The maximum atomic E-state index is 3.55. The van der Waals surface area contributed by atoms with Crippen LogP contribution in [0.2, 0.25) is 0 Å². The zero-order chi connectivity index (χ0) is 15.3. The summed E-state index contributed by atoms with van der Waals surface area (Å²) < 4.78 is 0. The van der Waals surface area contributed by atoms with Gasteiger partial charge in [-0.25, -0.2) is 0 Å². The van der Waals surface area contributed by atoms with E-state index >= 15 is 0 Å². The highest BCUT2D eigenvalue weighted by atomic mass is 32.2. The van der Waals surface area contributed by atoms with Gasteiger partial charge in [-0.2, -0.15) is 0 Å². The average Bonchev–Trinajstić information content (AvgIpc) is 2.46. The second kappa shape index (κ2) is 7.69.